The van der Waals surface area contributed by atoms with Gasteiger partial charge in [-0.2, -0.15) is 13.2 Å². The van der Waals surface area contributed by atoms with Crippen LogP contribution in [0.1, 0.15) is 17.5 Å². The van der Waals surface area contributed by atoms with Crippen molar-refractivity contribution in [2.75, 3.05) is 18.0 Å². The van der Waals surface area contributed by atoms with E-state index in [0.717, 1.165) is 17.8 Å². The first-order valence-electron chi connectivity index (χ1n) is 8.16. The molecule has 5 nitrogen and oxygen atoms in total. The predicted molar refractivity (Wildman–Crippen MR) is 89.8 cm³/mol. The van der Waals surface area contributed by atoms with E-state index in [2.05, 4.69) is 10.3 Å². The van der Waals surface area contributed by atoms with Gasteiger partial charge >= 0.3 is 6.18 Å². The summed E-state index contributed by atoms with van der Waals surface area (Å²) in [5.41, 5.74) is 0.391. The fourth-order valence-electron chi connectivity index (χ4n) is 2.95. The molecule has 138 valence electrons. The third kappa shape index (κ3) is 4.44. The molecule has 1 atom stereocenters. The van der Waals surface area contributed by atoms with Crippen molar-refractivity contribution in [3.8, 4) is 5.75 Å². The lowest BCUT2D eigenvalue weighted by Gasteiger charge is -2.20. The Hall–Kier alpha value is -2.77. The number of carbonyl (C=O) groups is 1. The van der Waals surface area contributed by atoms with E-state index in [0.29, 0.717) is 25.2 Å². The van der Waals surface area contributed by atoms with Gasteiger partial charge in [-0.1, -0.05) is 12.1 Å². The van der Waals surface area contributed by atoms with Crippen LogP contribution in [0.15, 0.2) is 42.7 Å². The number of aromatic nitrogens is 1. The average Bonchev–Trinajstić information content (AvgIpc) is 3.05. The van der Waals surface area contributed by atoms with Gasteiger partial charge < -0.3 is 15.3 Å². The Morgan fingerprint density at radius 2 is 2.00 bits per heavy atom. The van der Waals surface area contributed by atoms with Crippen molar-refractivity contribution in [2.24, 2.45) is 0 Å². The van der Waals surface area contributed by atoms with Gasteiger partial charge in [-0.25, -0.2) is 0 Å². The van der Waals surface area contributed by atoms with Crippen LogP contribution in [-0.4, -0.2) is 35.1 Å². The molecule has 3 rings (SSSR count). The monoisotopic (exact) mass is 365 g/mol. The Kier molecular flexibility index (Phi) is 5.01. The lowest BCUT2D eigenvalue weighted by atomic mass is 10.1. The summed E-state index contributed by atoms with van der Waals surface area (Å²) in [5.74, 6) is -0.0278. The Bertz CT molecular complexity index is 778. The second-order valence-electron chi connectivity index (χ2n) is 6.27. The van der Waals surface area contributed by atoms with E-state index in [1.54, 1.807) is 17.0 Å². The SMILES string of the molecule is O=C(Cc1ccc(O)cc1)NC1CCN(c2cncc(C(F)(F)F)c2)C1. The van der Waals surface area contributed by atoms with E-state index in [1.807, 2.05) is 0 Å². The first-order valence-corrected chi connectivity index (χ1v) is 8.16. The van der Waals surface area contributed by atoms with Crippen LogP contribution in [0.2, 0.25) is 0 Å². The molecule has 1 aromatic heterocycles. The molecule has 2 heterocycles. The Morgan fingerprint density at radius 1 is 1.27 bits per heavy atom. The zero-order valence-corrected chi connectivity index (χ0v) is 13.8. The van der Waals surface area contributed by atoms with Crippen molar-refractivity contribution in [1.29, 1.82) is 0 Å². The number of halogens is 3. The van der Waals surface area contributed by atoms with Crippen LogP contribution >= 0.6 is 0 Å². The van der Waals surface area contributed by atoms with E-state index in [1.165, 1.54) is 18.3 Å². The van der Waals surface area contributed by atoms with Crippen LogP contribution in [0.4, 0.5) is 18.9 Å². The van der Waals surface area contributed by atoms with Crippen molar-refractivity contribution < 1.29 is 23.1 Å². The fourth-order valence-corrected chi connectivity index (χ4v) is 2.95. The van der Waals surface area contributed by atoms with E-state index in [9.17, 15) is 23.1 Å². The highest BCUT2D eigenvalue weighted by molar-refractivity contribution is 5.79. The van der Waals surface area contributed by atoms with Crippen molar-refractivity contribution in [2.45, 2.75) is 25.1 Å². The smallest absolute Gasteiger partial charge is 0.417 e. The summed E-state index contributed by atoms with van der Waals surface area (Å²) in [4.78, 5) is 17.6. The third-order valence-corrected chi connectivity index (χ3v) is 4.27. The zero-order valence-electron chi connectivity index (χ0n) is 13.8. The standard InChI is InChI=1S/C18H18F3N3O2/c19-18(20,21)13-8-15(10-22-9-13)24-6-5-14(11-24)23-17(26)7-12-1-3-16(25)4-2-12/h1-4,8-10,14,25H,5-7,11H2,(H,23,26). The summed E-state index contributed by atoms with van der Waals surface area (Å²) in [6.07, 6.45) is -1.40. The number of anilines is 1. The second-order valence-corrected chi connectivity index (χ2v) is 6.27. The summed E-state index contributed by atoms with van der Waals surface area (Å²) in [5, 5.41) is 12.1. The summed E-state index contributed by atoms with van der Waals surface area (Å²) in [6, 6.07) is 7.32. The Balaban J connectivity index is 1.57. The quantitative estimate of drug-likeness (QED) is 0.875. The molecule has 1 fully saturated rings. The van der Waals surface area contributed by atoms with Crippen LogP contribution in [0.3, 0.4) is 0 Å². The van der Waals surface area contributed by atoms with Crippen molar-refractivity contribution >= 4 is 11.6 Å². The number of hydrogen-bond acceptors (Lipinski definition) is 4. The molecule has 2 N–H and O–H groups in total. The molecule has 1 saturated heterocycles. The fraction of sp³-hybridized carbons (Fsp3) is 0.333. The summed E-state index contributed by atoms with van der Waals surface area (Å²) < 4.78 is 38.4. The number of nitrogens with zero attached hydrogens (tertiary/aromatic N) is 2. The maximum Gasteiger partial charge on any atom is 0.417 e. The molecule has 1 aromatic carbocycles. The van der Waals surface area contributed by atoms with Crippen molar-refractivity contribution in [3.05, 3.63) is 53.9 Å². The molecular weight excluding hydrogens is 347 g/mol. The molecular formula is C18H18F3N3O2. The van der Waals surface area contributed by atoms with E-state index in [4.69, 9.17) is 0 Å². The number of amides is 1. The van der Waals surface area contributed by atoms with Crippen LogP contribution < -0.4 is 10.2 Å². The number of phenols is 1. The number of carbonyl (C=O) groups excluding carboxylic acids is 1. The minimum absolute atomic E-state index is 0.130. The number of alkyl halides is 3. The van der Waals surface area contributed by atoms with Crippen molar-refractivity contribution in [3.63, 3.8) is 0 Å². The number of nitrogens with one attached hydrogen (secondary N) is 1. The molecule has 0 radical (unpaired) electrons. The number of rotatable bonds is 4. The normalized spacial score (nSPS) is 17.3. The molecule has 2 aromatic rings. The van der Waals surface area contributed by atoms with Gasteiger partial charge in [0, 0.05) is 25.3 Å². The van der Waals surface area contributed by atoms with Crippen LogP contribution in [0.5, 0.6) is 5.75 Å². The highest BCUT2D eigenvalue weighted by Crippen LogP contribution is 2.31. The lowest BCUT2D eigenvalue weighted by Crippen LogP contribution is -2.38. The molecule has 1 amide bonds. The van der Waals surface area contributed by atoms with Gasteiger partial charge in [0.2, 0.25) is 5.91 Å². The molecule has 0 spiro atoms. The first kappa shape index (κ1) is 18.0. The molecule has 1 unspecified atom stereocenters. The van der Waals surface area contributed by atoms with Crippen molar-refractivity contribution in [1.82, 2.24) is 10.3 Å². The lowest BCUT2D eigenvalue weighted by molar-refractivity contribution is -0.137. The minimum atomic E-state index is -4.43. The van der Waals surface area contributed by atoms with E-state index >= 15 is 0 Å². The molecule has 1 aliphatic heterocycles. The minimum Gasteiger partial charge on any atom is -0.508 e. The van der Waals surface area contributed by atoms with E-state index < -0.39 is 11.7 Å². The topological polar surface area (TPSA) is 65.5 Å². The number of hydrogen-bond donors (Lipinski definition) is 2. The number of aromatic hydroxyl groups is 1. The number of benzene rings is 1. The summed E-state index contributed by atoms with van der Waals surface area (Å²) in [7, 11) is 0. The number of phenolic OH excluding ortho intramolecular Hbond substituents is 1. The van der Waals surface area contributed by atoms with Gasteiger partial charge in [-0.05, 0) is 30.2 Å². The first-order chi connectivity index (χ1) is 12.3. The van der Waals surface area contributed by atoms with Gasteiger partial charge in [0.25, 0.3) is 0 Å². The average molecular weight is 365 g/mol. The third-order valence-electron chi connectivity index (χ3n) is 4.27. The zero-order chi connectivity index (χ0) is 18.7. The van der Waals surface area contributed by atoms with Gasteiger partial charge in [0.05, 0.1) is 23.9 Å². The Labute approximate surface area is 148 Å². The van der Waals surface area contributed by atoms with Gasteiger partial charge in [0.1, 0.15) is 5.75 Å². The van der Waals surface area contributed by atoms with Crippen LogP contribution in [0.25, 0.3) is 0 Å². The largest absolute Gasteiger partial charge is 0.508 e. The predicted octanol–water partition coefficient (Wildman–Crippen LogP) is 2.74. The van der Waals surface area contributed by atoms with Crippen LogP contribution in [0, 0.1) is 0 Å². The van der Waals surface area contributed by atoms with Gasteiger partial charge in [-0.3, -0.25) is 9.78 Å². The van der Waals surface area contributed by atoms with Gasteiger partial charge in [-0.15, -0.1) is 0 Å². The highest BCUT2D eigenvalue weighted by atomic mass is 19.4. The molecule has 0 aliphatic carbocycles. The number of pyridine rings is 1. The maximum atomic E-state index is 12.8. The van der Waals surface area contributed by atoms with Gasteiger partial charge in [0.15, 0.2) is 0 Å². The molecule has 1 aliphatic rings. The molecule has 8 heteroatoms. The van der Waals surface area contributed by atoms with Crippen LogP contribution in [-0.2, 0) is 17.4 Å². The molecule has 0 bridgehead atoms. The molecule has 26 heavy (non-hydrogen) atoms. The highest BCUT2D eigenvalue weighted by Gasteiger charge is 2.32. The second kappa shape index (κ2) is 7.23. The molecule has 0 saturated carbocycles. The maximum absolute atomic E-state index is 12.8. The van der Waals surface area contributed by atoms with E-state index in [-0.39, 0.29) is 24.1 Å². The summed E-state index contributed by atoms with van der Waals surface area (Å²) in [6.45, 7) is 0.984. The summed E-state index contributed by atoms with van der Waals surface area (Å²) >= 11 is 0. The Morgan fingerprint density at radius 3 is 2.69 bits per heavy atom.